The second-order valence-corrected chi connectivity index (χ2v) is 5.26. The predicted molar refractivity (Wildman–Crippen MR) is 71.4 cm³/mol. The second-order valence-electron chi connectivity index (χ2n) is 5.26. The first-order valence-corrected chi connectivity index (χ1v) is 6.59. The summed E-state index contributed by atoms with van der Waals surface area (Å²) in [5.41, 5.74) is 4.29. The minimum atomic E-state index is 0.664. The van der Waals surface area contributed by atoms with Crippen LogP contribution in [0.3, 0.4) is 0 Å². The van der Waals surface area contributed by atoms with Crippen LogP contribution in [0.15, 0.2) is 18.2 Å². The summed E-state index contributed by atoms with van der Waals surface area (Å²) >= 11 is 0. The number of benzene rings is 1. The van der Waals surface area contributed by atoms with Gasteiger partial charge < -0.3 is 15.5 Å². The molecule has 0 aromatic heterocycles. The van der Waals surface area contributed by atoms with Gasteiger partial charge in [-0.1, -0.05) is 18.2 Å². The third kappa shape index (κ3) is 2.31. The Morgan fingerprint density at radius 1 is 1.47 bits per heavy atom. The summed E-state index contributed by atoms with van der Waals surface area (Å²) in [7, 11) is 2.20. The Bertz CT molecular complexity index is 402. The van der Waals surface area contributed by atoms with E-state index in [0.717, 1.165) is 13.1 Å². The SMILES string of the molecule is CN1CCC(NCc2cccc3c2NCC3)C1. The molecule has 2 aliphatic rings. The molecule has 17 heavy (non-hydrogen) atoms. The highest BCUT2D eigenvalue weighted by Crippen LogP contribution is 2.26. The van der Waals surface area contributed by atoms with Gasteiger partial charge in [-0.05, 0) is 37.6 Å². The molecule has 0 bridgehead atoms. The van der Waals surface area contributed by atoms with Gasteiger partial charge in [0.1, 0.15) is 0 Å². The zero-order chi connectivity index (χ0) is 11.7. The Labute approximate surface area is 103 Å². The maximum absolute atomic E-state index is 3.68. The van der Waals surface area contributed by atoms with E-state index in [-0.39, 0.29) is 0 Å². The van der Waals surface area contributed by atoms with Crippen LogP contribution in [0.4, 0.5) is 5.69 Å². The van der Waals surface area contributed by atoms with E-state index in [0.29, 0.717) is 6.04 Å². The molecule has 1 unspecified atom stereocenters. The van der Waals surface area contributed by atoms with Crippen molar-refractivity contribution in [3.05, 3.63) is 29.3 Å². The largest absolute Gasteiger partial charge is 0.384 e. The molecule has 0 amide bonds. The van der Waals surface area contributed by atoms with Crippen molar-refractivity contribution in [2.24, 2.45) is 0 Å². The monoisotopic (exact) mass is 231 g/mol. The van der Waals surface area contributed by atoms with Crippen molar-refractivity contribution in [2.75, 3.05) is 32.0 Å². The van der Waals surface area contributed by atoms with Gasteiger partial charge >= 0.3 is 0 Å². The van der Waals surface area contributed by atoms with Crippen LogP contribution in [0.25, 0.3) is 0 Å². The molecule has 92 valence electrons. The number of anilines is 1. The molecule has 3 heteroatoms. The van der Waals surface area contributed by atoms with Gasteiger partial charge in [0, 0.05) is 31.4 Å². The molecule has 1 saturated heterocycles. The van der Waals surface area contributed by atoms with E-state index in [4.69, 9.17) is 0 Å². The third-order valence-corrected chi connectivity index (χ3v) is 3.91. The summed E-state index contributed by atoms with van der Waals surface area (Å²) in [5, 5.41) is 7.18. The number of fused-ring (bicyclic) bond motifs is 1. The first kappa shape index (κ1) is 11.1. The number of likely N-dealkylation sites (tertiary alicyclic amines) is 1. The maximum atomic E-state index is 3.68. The fourth-order valence-corrected chi connectivity index (χ4v) is 2.91. The van der Waals surface area contributed by atoms with Crippen molar-refractivity contribution in [1.82, 2.24) is 10.2 Å². The topological polar surface area (TPSA) is 27.3 Å². The maximum Gasteiger partial charge on any atom is 0.0419 e. The Hall–Kier alpha value is -1.06. The molecule has 2 heterocycles. The van der Waals surface area contributed by atoms with Crippen LogP contribution >= 0.6 is 0 Å². The molecule has 0 aliphatic carbocycles. The number of hydrogen-bond donors (Lipinski definition) is 2. The lowest BCUT2D eigenvalue weighted by molar-refractivity contribution is 0.398. The highest BCUT2D eigenvalue weighted by molar-refractivity contribution is 5.61. The van der Waals surface area contributed by atoms with Crippen LogP contribution < -0.4 is 10.6 Å². The van der Waals surface area contributed by atoms with Gasteiger partial charge in [-0.25, -0.2) is 0 Å². The summed E-state index contributed by atoms with van der Waals surface area (Å²) in [4.78, 5) is 2.39. The fourth-order valence-electron chi connectivity index (χ4n) is 2.91. The molecular weight excluding hydrogens is 210 g/mol. The standard InChI is InChI=1S/C14H21N3/c1-17-8-6-13(10-17)16-9-12-4-2-3-11-5-7-15-14(11)12/h2-4,13,15-16H,5-10H2,1H3. The number of hydrogen-bond acceptors (Lipinski definition) is 3. The summed E-state index contributed by atoms with van der Waals surface area (Å²) in [5.74, 6) is 0. The number of nitrogens with zero attached hydrogens (tertiary/aromatic N) is 1. The molecule has 0 saturated carbocycles. The van der Waals surface area contributed by atoms with Gasteiger partial charge in [-0.15, -0.1) is 0 Å². The fraction of sp³-hybridized carbons (Fsp3) is 0.571. The highest BCUT2D eigenvalue weighted by atomic mass is 15.2. The lowest BCUT2D eigenvalue weighted by Crippen LogP contribution is -2.31. The Morgan fingerprint density at radius 2 is 2.41 bits per heavy atom. The average Bonchev–Trinajstić information content (AvgIpc) is 2.94. The lowest BCUT2D eigenvalue weighted by Gasteiger charge is -2.15. The molecule has 2 aliphatic heterocycles. The van der Waals surface area contributed by atoms with Crippen molar-refractivity contribution < 1.29 is 0 Å². The zero-order valence-corrected chi connectivity index (χ0v) is 10.5. The van der Waals surface area contributed by atoms with Crippen LogP contribution in [0.5, 0.6) is 0 Å². The van der Waals surface area contributed by atoms with Crippen LogP contribution in [0, 0.1) is 0 Å². The van der Waals surface area contributed by atoms with Gasteiger partial charge in [0.05, 0.1) is 0 Å². The van der Waals surface area contributed by atoms with E-state index < -0.39 is 0 Å². The minimum absolute atomic E-state index is 0.664. The number of nitrogens with one attached hydrogen (secondary N) is 2. The Morgan fingerprint density at radius 3 is 3.24 bits per heavy atom. The molecule has 1 aromatic rings. The predicted octanol–water partition coefficient (Wildman–Crippen LogP) is 1.45. The van der Waals surface area contributed by atoms with E-state index in [1.165, 1.54) is 42.7 Å². The highest BCUT2D eigenvalue weighted by Gasteiger charge is 2.19. The average molecular weight is 231 g/mol. The summed E-state index contributed by atoms with van der Waals surface area (Å²) in [6.45, 7) is 4.50. The molecule has 1 aromatic carbocycles. The van der Waals surface area contributed by atoms with E-state index in [1.54, 1.807) is 0 Å². The van der Waals surface area contributed by atoms with Gasteiger partial charge in [0.2, 0.25) is 0 Å². The van der Waals surface area contributed by atoms with Gasteiger partial charge in [-0.2, -0.15) is 0 Å². The van der Waals surface area contributed by atoms with E-state index >= 15 is 0 Å². The number of rotatable bonds is 3. The number of likely N-dealkylation sites (N-methyl/N-ethyl adjacent to an activating group) is 1. The summed E-state index contributed by atoms with van der Waals surface area (Å²) < 4.78 is 0. The Kier molecular flexibility index (Phi) is 3.04. The molecule has 2 N–H and O–H groups in total. The summed E-state index contributed by atoms with van der Waals surface area (Å²) in [6.07, 6.45) is 2.45. The molecule has 0 spiro atoms. The number of para-hydroxylation sites is 1. The first-order valence-electron chi connectivity index (χ1n) is 6.59. The lowest BCUT2D eigenvalue weighted by atomic mass is 10.1. The molecule has 3 rings (SSSR count). The summed E-state index contributed by atoms with van der Waals surface area (Å²) in [6, 6.07) is 7.33. The zero-order valence-electron chi connectivity index (χ0n) is 10.5. The van der Waals surface area contributed by atoms with E-state index in [9.17, 15) is 0 Å². The van der Waals surface area contributed by atoms with Crippen LogP contribution in [0.1, 0.15) is 17.5 Å². The molecular formula is C14H21N3. The van der Waals surface area contributed by atoms with Crippen molar-refractivity contribution in [1.29, 1.82) is 0 Å². The van der Waals surface area contributed by atoms with Gasteiger partial charge in [-0.3, -0.25) is 0 Å². The van der Waals surface area contributed by atoms with Gasteiger partial charge in [0.25, 0.3) is 0 Å². The van der Waals surface area contributed by atoms with Crippen LogP contribution in [-0.2, 0) is 13.0 Å². The minimum Gasteiger partial charge on any atom is -0.384 e. The van der Waals surface area contributed by atoms with Crippen molar-refractivity contribution in [2.45, 2.75) is 25.4 Å². The van der Waals surface area contributed by atoms with Gasteiger partial charge in [0.15, 0.2) is 0 Å². The molecule has 3 nitrogen and oxygen atoms in total. The normalized spacial score (nSPS) is 23.7. The third-order valence-electron chi connectivity index (χ3n) is 3.91. The molecule has 0 radical (unpaired) electrons. The van der Waals surface area contributed by atoms with Crippen LogP contribution in [-0.4, -0.2) is 37.6 Å². The molecule has 1 fully saturated rings. The Balaban J connectivity index is 1.64. The smallest absolute Gasteiger partial charge is 0.0419 e. The molecule has 1 atom stereocenters. The quantitative estimate of drug-likeness (QED) is 0.824. The second kappa shape index (κ2) is 4.67. The van der Waals surface area contributed by atoms with E-state index in [1.807, 2.05) is 0 Å². The van der Waals surface area contributed by atoms with Crippen molar-refractivity contribution in [3.8, 4) is 0 Å². The van der Waals surface area contributed by atoms with Crippen molar-refractivity contribution >= 4 is 5.69 Å². The van der Waals surface area contributed by atoms with Crippen molar-refractivity contribution in [3.63, 3.8) is 0 Å². The van der Waals surface area contributed by atoms with Crippen LogP contribution in [0.2, 0.25) is 0 Å². The van der Waals surface area contributed by atoms with E-state index in [2.05, 4.69) is 40.8 Å². The first-order chi connectivity index (χ1) is 8.33.